The van der Waals surface area contributed by atoms with Crippen molar-refractivity contribution < 1.29 is 24.2 Å². The topological polar surface area (TPSA) is 108 Å². The third-order valence-electron chi connectivity index (χ3n) is 2.79. The number of urea groups is 1. The number of carboxylic acid groups (broad SMARTS) is 1. The number of rotatable bonds is 8. The van der Waals surface area contributed by atoms with E-state index in [1.54, 1.807) is 6.92 Å². The van der Waals surface area contributed by atoms with Crippen LogP contribution in [0.25, 0.3) is 0 Å². The molecule has 8 nitrogen and oxygen atoms in total. The molecule has 0 saturated heterocycles. The summed E-state index contributed by atoms with van der Waals surface area (Å²) < 4.78 is 4.77. The van der Waals surface area contributed by atoms with Crippen molar-refractivity contribution in [1.82, 2.24) is 15.5 Å². The van der Waals surface area contributed by atoms with E-state index in [9.17, 15) is 14.4 Å². The first-order valence-electron chi connectivity index (χ1n) is 6.31. The lowest BCUT2D eigenvalue weighted by atomic mass is 10.0. The fourth-order valence-electron chi connectivity index (χ4n) is 1.51. The molecule has 0 atom stereocenters. The Morgan fingerprint density at radius 1 is 1.25 bits per heavy atom. The fraction of sp³-hybridized carbons (Fsp3) is 0.750. The number of amides is 3. The summed E-state index contributed by atoms with van der Waals surface area (Å²) in [6, 6.07) is -0.596. The Labute approximate surface area is 118 Å². The summed E-state index contributed by atoms with van der Waals surface area (Å²) >= 11 is 0. The van der Waals surface area contributed by atoms with Gasteiger partial charge in [0.1, 0.15) is 5.54 Å². The summed E-state index contributed by atoms with van der Waals surface area (Å²) in [5.74, 6) is -1.47. The number of ether oxygens (including phenoxy) is 1. The second kappa shape index (κ2) is 8.36. The van der Waals surface area contributed by atoms with Crippen LogP contribution in [0.3, 0.4) is 0 Å². The largest absolute Gasteiger partial charge is 0.480 e. The maximum atomic E-state index is 11.9. The van der Waals surface area contributed by atoms with Gasteiger partial charge in [0.25, 0.3) is 0 Å². The summed E-state index contributed by atoms with van der Waals surface area (Å²) in [7, 11) is 1.51. The molecule has 0 saturated carbocycles. The van der Waals surface area contributed by atoms with Crippen LogP contribution in [0.5, 0.6) is 0 Å². The van der Waals surface area contributed by atoms with Gasteiger partial charge in [0.15, 0.2) is 0 Å². The molecule has 0 aliphatic carbocycles. The molecule has 0 heterocycles. The first-order chi connectivity index (χ1) is 9.27. The highest BCUT2D eigenvalue weighted by molar-refractivity contribution is 5.88. The molecular weight excluding hydrogens is 266 g/mol. The van der Waals surface area contributed by atoms with Crippen molar-refractivity contribution in [3.8, 4) is 0 Å². The number of nitrogens with zero attached hydrogens (tertiary/aromatic N) is 1. The number of aliphatic carboxylic acids is 1. The van der Waals surface area contributed by atoms with Gasteiger partial charge < -0.3 is 25.4 Å². The zero-order valence-electron chi connectivity index (χ0n) is 12.4. The number of hydrogen-bond donors (Lipinski definition) is 3. The van der Waals surface area contributed by atoms with Gasteiger partial charge in [0.2, 0.25) is 5.91 Å². The molecule has 8 heteroatoms. The van der Waals surface area contributed by atoms with Crippen molar-refractivity contribution in [3.63, 3.8) is 0 Å². The highest BCUT2D eigenvalue weighted by atomic mass is 16.5. The predicted octanol–water partition coefficient (Wildman–Crippen LogP) is -0.356. The number of nitrogens with one attached hydrogen (secondary N) is 2. The monoisotopic (exact) mass is 289 g/mol. The van der Waals surface area contributed by atoms with Crippen LogP contribution >= 0.6 is 0 Å². The Bertz CT molecular complexity index is 357. The Balaban J connectivity index is 4.37. The first-order valence-corrected chi connectivity index (χ1v) is 6.31. The minimum Gasteiger partial charge on any atom is -0.480 e. The molecule has 0 aromatic heterocycles. The lowest BCUT2D eigenvalue weighted by Gasteiger charge is -2.34. The van der Waals surface area contributed by atoms with Gasteiger partial charge in [0, 0.05) is 20.2 Å². The summed E-state index contributed by atoms with van der Waals surface area (Å²) in [6.45, 7) is 5.26. The highest BCUT2D eigenvalue weighted by Crippen LogP contribution is 2.14. The van der Waals surface area contributed by atoms with Crippen molar-refractivity contribution in [1.29, 1.82) is 0 Å². The van der Waals surface area contributed by atoms with E-state index in [1.165, 1.54) is 21.0 Å². The molecule has 0 aliphatic rings. The number of likely N-dealkylation sites (N-methyl/N-ethyl adjacent to an activating group) is 1. The SMILES string of the molecule is CCN(C(=O)NCC(=O)NCCOC)C(C)(C)C(=O)O. The second-order valence-electron chi connectivity index (χ2n) is 4.61. The Kier molecular flexibility index (Phi) is 7.60. The van der Waals surface area contributed by atoms with Gasteiger partial charge in [-0.2, -0.15) is 0 Å². The van der Waals surface area contributed by atoms with Crippen molar-refractivity contribution in [2.24, 2.45) is 0 Å². The van der Waals surface area contributed by atoms with Gasteiger partial charge in [-0.3, -0.25) is 4.79 Å². The highest BCUT2D eigenvalue weighted by Gasteiger charge is 2.36. The van der Waals surface area contributed by atoms with Gasteiger partial charge in [-0.15, -0.1) is 0 Å². The maximum absolute atomic E-state index is 11.9. The van der Waals surface area contributed by atoms with Crippen LogP contribution in [0.15, 0.2) is 0 Å². The van der Waals surface area contributed by atoms with E-state index in [-0.39, 0.29) is 19.0 Å². The van der Waals surface area contributed by atoms with Crippen LogP contribution in [0.4, 0.5) is 4.79 Å². The molecule has 0 spiro atoms. The van der Waals surface area contributed by atoms with Gasteiger partial charge >= 0.3 is 12.0 Å². The third kappa shape index (κ3) is 5.43. The summed E-state index contributed by atoms with van der Waals surface area (Å²) in [5.41, 5.74) is -1.34. The van der Waals surface area contributed by atoms with E-state index in [0.717, 1.165) is 4.90 Å². The van der Waals surface area contributed by atoms with Gasteiger partial charge in [-0.05, 0) is 20.8 Å². The van der Waals surface area contributed by atoms with Crippen LogP contribution < -0.4 is 10.6 Å². The lowest BCUT2D eigenvalue weighted by molar-refractivity contribution is -0.147. The Morgan fingerprint density at radius 3 is 2.30 bits per heavy atom. The molecule has 0 rings (SSSR count). The zero-order chi connectivity index (χ0) is 15.8. The summed E-state index contributed by atoms with van der Waals surface area (Å²) in [6.07, 6.45) is 0. The van der Waals surface area contributed by atoms with Crippen molar-refractivity contribution in [2.75, 3.05) is 33.4 Å². The first kappa shape index (κ1) is 18.2. The molecule has 0 unspecified atom stereocenters. The zero-order valence-corrected chi connectivity index (χ0v) is 12.4. The van der Waals surface area contributed by atoms with Crippen molar-refractivity contribution in [3.05, 3.63) is 0 Å². The average Bonchev–Trinajstić information content (AvgIpc) is 2.37. The lowest BCUT2D eigenvalue weighted by Crippen LogP contribution is -2.57. The predicted molar refractivity (Wildman–Crippen MR) is 72.4 cm³/mol. The standard InChI is InChI=1S/C12H23N3O5/c1-5-15(12(2,3)10(17)18)11(19)14-8-9(16)13-6-7-20-4/h5-8H2,1-4H3,(H,13,16)(H,14,19)(H,17,18). The normalized spacial score (nSPS) is 10.8. The molecule has 0 bridgehead atoms. The van der Waals surface area contributed by atoms with Gasteiger partial charge in [-0.25, -0.2) is 9.59 Å². The van der Waals surface area contributed by atoms with E-state index < -0.39 is 17.5 Å². The van der Waals surface area contributed by atoms with Crippen LogP contribution in [0.1, 0.15) is 20.8 Å². The number of hydrogen-bond acceptors (Lipinski definition) is 4. The molecule has 20 heavy (non-hydrogen) atoms. The molecule has 0 fully saturated rings. The molecule has 3 N–H and O–H groups in total. The Morgan fingerprint density at radius 2 is 1.85 bits per heavy atom. The molecule has 0 aromatic rings. The quantitative estimate of drug-likeness (QED) is 0.529. The van der Waals surface area contributed by atoms with E-state index in [4.69, 9.17) is 9.84 Å². The van der Waals surface area contributed by atoms with E-state index >= 15 is 0 Å². The number of carbonyl (C=O) groups excluding carboxylic acids is 2. The maximum Gasteiger partial charge on any atom is 0.329 e. The molecule has 116 valence electrons. The molecule has 0 radical (unpaired) electrons. The van der Waals surface area contributed by atoms with Crippen LogP contribution in [0.2, 0.25) is 0 Å². The fourth-order valence-corrected chi connectivity index (χ4v) is 1.51. The van der Waals surface area contributed by atoms with Crippen LogP contribution in [-0.4, -0.2) is 66.8 Å². The second-order valence-corrected chi connectivity index (χ2v) is 4.61. The van der Waals surface area contributed by atoms with E-state index in [1.807, 2.05) is 0 Å². The molecular formula is C12H23N3O5. The third-order valence-corrected chi connectivity index (χ3v) is 2.79. The molecule has 3 amide bonds. The van der Waals surface area contributed by atoms with Crippen molar-refractivity contribution >= 4 is 17.9 Å². The Hall–Kier alpha value is -1.83. The summed E-state index contributed by atoms with van der Waals surface area (Å²) in [4.78, 5) is 35.6. The number of carboxylic acids is 1. The van der Waals surface area contributed by atoms with Gasteiger partial charge in [0.05, 0.1) is 13.2 Å². The smallest absolute Gasteiger partial charge is 0.329 e. The molecule has 0 aromatic carbocycles. The molecule has 0 aliphatic heterocycles. The number of methoxy groups -OCH3 is 1. The van der Waals surface area contributed by atoms with E-state index in [2.05, 4.69) is 10.6 Å². The van der Waals surface area contributed by atoms with Crippen molar-refractivity contribution in [2.45, 2.75) is 26.3 Å². The van der Waals surface area contributed by atoms with Crippen LogP contribution in [-0.2, 0) is 14.3 Å². The minimum atomic E-state index is -1.34. The van der Waals surface area contributed by atoms with E-state index in [0.29, 0.717) is 13.2 Å². The average molecular weight is 289 g/mol. The van der Waals surface area contributed by atoms with Crippen LogP contribution in [0, 0.1) is 0 Å². The minimum absolute atomic E-state index is 0.214. The number of carbonyl (C=O) groups is 3. The summed E-state index contributed by atoms with van der Waals surface area (Å²) in [5, 5.41) is 14.0. The van der Waals surface area contributed by atoms with Gasteiger partial charge in [-0.1, -0.05) is 0 Å².